The Morgan fingerprint density at radius 2 is 1.82 bits per heavy atom. The fourth-order valence-corrected chi connectivity index (χ4v) is 3.90. The minimum absolute atomic E-state index is 0.394. The van der Waals surface area contributed by atoms with Crippen LogP contribution in [0.3, 0.4) is 0 Å². The van der Waals surface area contributed by atoms with E-state index in [1.165, 1.54) is 32.2 Å². The van der Waals surface area contributed by atoms with Gasteiger partial charge in [-0.25, -0.2) is 0 Å². The fraction of sp³-hybridized carbons (Fsp3) is 1.00. The quantitative estimate of drug-likeness (QED) is 0.761. The summed E-state index contributed by atoms with van der Waals surface area (Å²) < 4.78 is 0. The molecule has 2 rings (SSSR count). The second-order valence-corrected chi connectivity index (χ2v) is 7.38. The highest BCUT2D eigenvalue weighted by Crippen LogP contribution is 2.41. The Kier molecular flexibility index (Phi) is 3.84. The predicted octanol–water partition coefficient (Wildman–Crippen LogP) is 2.87. The molecule has 100 valence electrons. The normalized spacial score (nSPS) is 43.6. The second-order valence-electron chi connectivity index (χ2n) is 7.38. The Hall–Kier alpha value is -0.0800. The summed E-state index contributed by atoms with van der Waals surface area (Å²) in [7, 11) is 0. The zero-order valence-corrected chi connectivity index (χ0v) is 12.1. The summed E-state index contributed by atoms with van der Waals surface area (Å²) in [5.74, 6) is 1.54. The maximum absolute atomic E-state index is 6.23. The van der Waals surface area contributed by atoms with E-state index in [9.17, 15) is 0 Å². The summed E-state index contributed by atoms with van der Waals surface area (Å²) >= 11 is 0. The summed E-state index contributed by atoms with van der Waals surface area (Å²) in [5.41, 5.74) is 6.79. The van der Waals surface area contributed by atoms with Crippen LogP contribution in [0.25, 0.3) is 0 Å². The first-order valence-electron chi connectivity index (χ1n) is 7.39. The third-order valence-electron chi connectivity index (χ3n) is 5.17. The van der Waals surface area contributed by atoms with Crippen molar-refractivity contribution >= 4 is 0 Å². The molecule has 0 bridgehead atoms. The van der Waals surface area contributed by atoms with Crippen LogP contribution in [0, 0.1) is 17.3 Å². The zero-order valence-electron chi connectivity index (χ0n) is 12.1. The van der Waals surface area contributed by atoms with Crippen molar-refractivity contribution in [1.29, 1.82) is 0 Å². The maximum atomic E-state index is 6.23. The van der Waals surface area contributed by atoms with Crippen LogP contribution in [0.1, 0.15) is 53.4 Å². The van der Waals surface area contributed by atoms with Crippen molar-refractivity contribution in [3.8, 4) is 0 Å². The fourth-order valence-electron chi connectivity index (χ4n) is 3.90. The van der Waals surface area contributed by atoms with Gasteiger partial charge in [0.05, 0.1) is 0 Å². The molecule has 0 amide bonds. The molecular weight excluding hydrogens is 208 g/mol. The lowest BCUT2D eigenvalue weighted by atomic mass is 9.70. The van der Waals surface area contributed by atoms with Gasteiger partial charge in [0.25, 0.3) is 0 Å². The zero-order chi connectivity index (χ0) is 12.6. The standard InChI is InChI=1S/C15H30N2/c1-11-6-8-17(10-13(11)16)14-5-7-15(3,4)9-12(14)2/h11-14H,5-10,16H2,1-4H3. The summed E-state index contributed by atoms with van der Waals surface area (Å²) in [6.45, 7) is 12.0. The second kappa shape index (κ2) is 4.89. The minimum Gasteiger partial charge on any atom is -0.326 e. The molecule has 1 saturated heterocycles. The molecule has 0 aromatic heterocycles. The van der Waals surface area contributed by atoms with Crippen molar-refractivity contribution in [2.24, 2.45) is 23.0 Å². The molecule has 4 unspecified atom stereocenters. The average Bonchev–Trinajstić information content (AvgIpc) is 2.21. The number of hydrogen-bond donors (Lipinski definition) is 1. The smallest absolute Gasteiger partial charge is 0.0194 e. The summed E-state index contributed by atoms with van der Waals surface area (Å²) in [4.78, 5) is 2.69. The molecule has 0 aromatic carbocycles. The molecule has 2 nitrogen and oxygen atoms in total. The largest absolute Gasteiger partial charge is 0.326 e. The van der Waals surface area contributed by atoms with Gasteiger partial charge in [0.2, 0.25) is 0 Å². The molecule has 1 aliphatic carbocycles. The van der Waals surface area contributed by atoms with Gasteiger partial charge in [-0.1, -0.05) is 27.7 Å². The Bertz CT molecular complexity index is 262. The molecule has 0 radical (unpaired) electrons. The summed E-state index contributed by atoms with van der Waals surface area (Å²) in [6.07, 6.45) is 5.41. The predicted molar refractivity (Wildman–Crippen MR) is 73.9 cm³/mol. The maximum Gasteiger partial charge on any atom is 0.0194 e. The van der Waals surface area contributed by atoms with Crippen LogP contribution in [-0.2, 0) is 0 Å². The molecule has 1 aliphatic heterocycles. The first kappa shape index (κ1) is 13.4. The lowest BCUT2D eigenvalue weighted by Crippen LogP contribution is -2.54. The first-order chi connectivity index (χ1) is 7.89. The van der Waals surface area contributed by atoms with E-state index >= 15 is 0 Å². The Balaban J connectivity index is 1.95. The van der Waals surface area contributed by atoms with Crippen LogP contribution >= 0.6 is 0 Å². The molecule has 0 aromatic rings. The summed E-state index contributed by atoms with van der Waals surface area (Å²) in [6, 6.07) is 1.19. The number of likely N-dealkylation sites (tertiary alicyclic amines) is 1. The van der Waals surface area contributed by atoms with Crippen molar-refractivity contribution < 1.29 is 0 Å². The lowest BCUT2D eigenvalue weighted by molar-refractivity contribution is 0.0328. The van der Waals surface area contributed by atoms with Crippen LogP contribution in [0.15, 0.2) is 0 Å². The summed E-state index contributed by atoms with van der Waals surface area (Å²) in [5, 5.41) is 0. The molecule has 4 atom stereocenters. The highest BCUT2D eigenvalue weighted by atomic mass is 15.2. The van der Waals surface area contributed by atoms with Crippen LogP contribution in [0.4, 0.5) is 0 Å². The molecule has 2 N–H and O–H groups in total. The van der Waals surface area contributed by atoms with E-state index in [4.69, 9.17) is 5.73 Å². The molecule has 2 aliphatic rings. The van der Waals surface area contributed by atoms with E-state index in [1.54, 1.807) is 0 Å². The molecule has 1 saturated carbocycles. The average molecular weight is 238 g/mol. The molecule has 2 fully saturated rings. The van der Waals surface area contributed by atoms with Gasteiger partial charge in [-0.2, -0.15) is 0 Å². The molecule has 17 heavy (non-hydrogen) atoms. The Labute approximate surface area is 107 Å². The van der Waals surface area contributed by atoms with E-state index in [2.05, 4.69) is 32.6 Å². The van der Waals surface area contributed by atoms with E-state index in [-0.39, 0.29) is 0 Å². The van der Waals surface area contributed by atoms with Crippen LogP contribution in [-0.4, -0.2) is 30.1 Å². The molecule has 0 spiro atoms. The van der Waals surface area contributed by atoms with Crippen molar-refractivity contribution in [2.75, 3.05) is 13.1 Å². The number of hydrogen-bond acceptors (Lipinski definition) is 2. The number of piperidine rings is 1. The molecular formula is C15H30N2. The third kappa shape index (κ3) is 3.03. The van der Waals surface area contributed by atoms with E-state index < -0.39 is 0 Å². The van der Waals surface area contributed by atoms with Gasteiger partial charge in [-0.15, -0.1) is 0 Å². The first-order valence-corrected chi connectivity index (χ1v) is 7.39. The van der Waals surface area contributed by atoms with Gasteiger partial charge < -0.3 is 5.73 Å². The number of nitrogens with zero attached hydrogens (tertiary/aromatic N) is 1. The van der Waals surface area contributed by atoms with Crippen molar-refractivity contribution in [3.05, 3.63) is 0 Å². The molecule has 1 heterocycles. The van der Waals surface area contributed by atoms with Crippen LogP contribution < -0.4 is 5.73 Å². The molecule has 2 heteroatoms. The van der Waals surface area contributed by atoms with Crippen molar-refractivity contribution in [3.63, 3.8) is 0 Å². The Morgan fingerprint density at radius 1 is 1.12 bits per heavy atom. The third-order valence-corrected chi connectivity index (χ3v) is 5.17. The lowest BCUT2D eigenvalue weighted by Gasteiger charge is -2.47. The highest BCUT2D eigenvalue weighted by Gasteiger charge is 2.37. The van der Waals surface area contributed by atoms with Gasteiger partial charge in [0.1, 0.15) is 0 Å². The minimum atomic E-state index is 0.394. The van der Waals surface area contributed by atoms with Gasteiger partial charge in [-0.05, 0) is 49.5 Å². The van der Waals surface area contributed by atoms with E-state index in [0.29, 0.717) is 17.4 Å². The SMILES string of the molecule is CC1CCN(C2CCC(C)(C)CC2C)CC1N. The topological polar surface area (TPSA) is 29.3 Å². The van der Waals surface area contributed by atoms with Crippen molar-refractivity contribution in [1.82, 2.24) is 4.90 Å². The van der Waals surface area contributed by atoms with Gasteiger partial charge in [0, 0.05) is 18.6 Å². The van der Waals surface area contributed by atoms with Crippen LogP contribution in [0.2, 0.25) is 0 Å². The van der Waals surface area contributed by atoms with Crippen LogP contribution in [0.5, 0.6) is 0 Å². The van der Waals surface area contributed by atoms with Gasteiger partial charge in [0.15, 0.2) is 0 Å². The number of nitrogens with two attached hydrogens (primary N) is 1. The highest BCUT2D eigenvalue weighted by molar-refractivity contribution is 4.92. The number of rotatable bonds is 1. The van der Waals surface area contributed by atoms with Crippen molar-refractivity contribution in [2.45, 2.75) is 65.5 Å². The monoisotopic (exact) mass is 238 g/mol. The van der Waals surface area contributed by atoms with Gasteiger partial charge in [-0.3, -0.25) is 4.90 Å². The van der Waals surface area contributed by atoms with Gasteiger partial charge >= 0.3 is 0 Å². The van der Waals surface area contributed by atoms with E-state index in [0.717, 1.165) is 18.5 Å². The Morgan fingerprint density at radius 3 is 2.41 bits per heavy atom. The van der Waals surface area contributed by atoms with E-state index in [1.807, 2.05) is 0 Å².